The maximum Gasteiger partial charge on any atom is 0.237 e. The van der Waals surface area contributed by atoms with Crippen LogP contribution in [0.15, 0.2) is 24.4 Å². The molecule has 16 heavy (non-hydrogen) atoms. The van der Waals surface area contributed by atoms with Crippen LogP contribution in [0.5, 0.6) is 0 Å². The number of aromatic nitrogens is 1. The third kappa shape index (κ3) is 3.62. The Bertz CT molecular complexity index is 326. The predicted molar refractivity (Wildman–Crippen MR) is 63.5 cm³/mol. The highest BCUT2D eigenvalue weighted by atomic mass is 16.2. The monoisotopic (exact) mass is 221 g/mol. The van der Waals surface area contributed by atoms with Crippen LogP contribution in [0.3, 0.4) is 0 Å². The minimum Gasteiger partial charge on any atom is -0.349 e. The van der Waals surface area contributed by atoms with Gasteiger partial charge < -0.3 is 11.1 Å². The summed E-state index contributed by atoms with van der Waals surface area (Å²) in [5, 5.41) is 2.79. The Hall–Kier alpha value is -1.42. The number of nitrogens with zero attached hydrogens (tertiary/aromatic N) is 1. The van der Waals surface area contributed by atoms with Crippen molar-refractivity contribution in [3.63, 3.8) is 0 Å². The average Bonchev–Trinajstić information content (AvgIpc) is 2.35. The molecule has 4 nitrogen and oxygen atoms in total. The van der Waals surface area contributed by atoms with Crippen molar-refractivity contribution < 1.29 is 4.79 Å². The van der Waals surface area contributed by atoms with Gasteiger partial charge in [0.15, 0.2) is 0 Å². The topological polar surface area (TPSA) is 68.0 Å². The Kier molecular flexibility index (Phi) is 4.92. The van der Waals surface area contributed by atoms with Crippen LogP contribution < -0.4 is 11.1 Å². The summed E-state index contributed by atoms with van der Waals surface area (Å²) in [5.74, 6) is 0.0868. The van der Waals surface area contributed by atoms with E-state index in [9.17, 15) is 4.79 Å². The number of nitrogens with one attached hydrogen (secondary N) is 1. The van der Waals surface area contributed by atoms with Gasteiger partial charge in [0, 0.05) is 6.20 Å². The molecule has 0 unspecified atom stereocenters. The Morgan fingerprint density at radius 3 is 2.88 bits per heavy atom. The molecule has 0 spiro atoms. The molecule has 1 amide bonds. The molecule has 0 saturated heterocycles. The lowest BCUT2D eigenvalue weighted by atomic mass is 9.99. The second-order valence-electron chi connectivity index (χ2n) is 3.95. The van der Waals surface area contributed by atoms with Crippen molar-refractivity contribution in [2.75, 3.05) is 0 Å². The van der Waals surface area contributed by atoms with E-state index >= 15 is 0 Å². The molecule has 0 aliphatic carbocycles. The summed E-state index contributed by atoms with van der Waals surface area (Å²) in [5.41, 5.74) is 6.64. The number of pyridine rings is 1. The highest BCUT2D eigenvalue weighted by Gasteiger charge is 2.18. The Morgan fingerprint density at radius 1 is 1.56 bits per heavy atom. The third-order valence-electron chi connectivity index (χ3n) is 2.73. The summed E-state index contributed by atoms with van der Waals surface area (Å²) in [6.07, 6.45) is 2.61. The highest BCUT2D eigenvalue weighted by molar-refractivity contribution is 5.81. The summed E-state index contributed by atoms with van der Waals surface area (Å²) in [6, 6.07) is 5.17. The first-order valence-corrected chi connectivity index (χ1v) is 5.58. The fraction of sp³-hybridized carbons (Fsp3) is 0.500. The predicted octanol–water partition coefficient (Wildman–Crippen LogP) is 1.07. The molecule has 88 valence electrons. The van der Waals surface area contributed by atoms with Crippen LogP contribution in [0.1, 0.15) is 26.0 Å². The standard InChI is InChI=1S/C12H19N3O/c1-3-9(2)11(13)12(16)15-8-10-6-4-5-7-14-10/h4-7,9,11H,3,8,13H2,1-2H3,(H,15,16)/t9-,11+/m1/s1. The number of carbonyl (C=O) groups excluding carboxylic acids is 1. The Labute approximate surface area is 96.3 Å². The van der Waals surface area contributed by atoms with E-state index in [1.807, 2.05) is 32.0 Å². The zero-order valence-corrected chi connectivity index (χ0v) is 9.81. The van der Waals surface area contributed by atoms with Crippen molar-refractivity contribution in [1.82, 2.24) is 10.3 Å². The molecule has 0 saturated carbocycles. The van der Waals surface area contributed by atoms with Crippen molar-refractivity contribution in [1.29, 1.82) is 0 Å². The largest absolute Gasteiger partial charge is 0.349 e. The molecule has 1 aromatic rings. The van der Waals surface area contributed by atoms with Crippen LogP contribution in [-0.4, -0.2) is 16.9 Å². The Balaban J connectivity index is 2.41. The van der Waals surface area contributed by atoms with E-state index in [4.69, 9.17) is 5.73 Å². The van der Waals surface area contributed by atoms with Gasteiger partial charge in [-0.3, -0.25) is 9.78 Å². The maximum atomic E-state index is 11.7. The van der Waals surface area contributed by atoms with Crippen LogP contribution in [-0.2, 0) is 11.3 Å². The molecule has 1 heterocycles. The van der Waals surface area contributed by atoms with Crippen molar-refractivity contribution in [3.8, 4) is 0 Å². The first-order valence-electron chi connectivity index (χ1n) is 5.58. The molecule has 0 fully saturated rings. The maximum absolute atomic E-state index is 11.7. The molecule has 0 radical (unpaired) electrons. The van der Waals surface area contributed by atoms with Crippen molar-refractivity contribution >= 4 is 5.91 Å². The molecule has 2 atom stereocenters. The summed E-state index contributed by atoms with van der Waals surface area (Å²) in [6.45, 7) is 4.44. The zero-order valence-electron chi connectivity index (χ0n) is 9.81. The van der Waals surface area contributed by atoms with Crippen LogP contribution >= 0.6 is 0 Å². The molecular formula is C12H19N3O. The van der Waals surface area contributed by atoms with Gasteiger partial charge in [-0.1, -0.05) is 26.3 Å². The van der Waals surface area contributed by atoms with Crippen molar-refractivity contribution in [2.24, 2.45) is 11.7 Å². The van der Waals surface area contributed by atoms with Crippen molar-refractivity contribution in [3.05, 3.63) is 30.1 Å². The van der Waals surface area contributed by atoms with Gasteiger partial charge >= 0.3 is 0 Å². The van der Waals surface area contributed by atoms with Gasteiger partial charge in [0.1, 0.15) is 0 Å². The lowest BCUT2D eigenvalue weighted by Gasteiger charge is -2.17. The molecular weight excluding hydrogens is 202 g/mol. The first kappa shape index (κ1) is 12.6. The second kappa shape index (κ2) is 6.23. The number of hydrogen-bond acceptors (Lipinski definition) is 3. The zero-order chi connectivity index (χ0) is 12.0. The number of carbonyl (C=O) groups is 1. The molecule has 3 N–H and O–H groups in total. The van der Waals surface area contributed by atoms with E-state index in [1.54, 1.807) is 6.20 Å². The van der Waals surface area contributed by atoms with Gasteiger partial charge in [0.2, 0.25) is 5.91 Å². The molecule has 4 heteroatoms. The summed E-state index contributed by atoms with van der Waals surface area (Å²) in [7, 11) is 0. The van der Waals surface area contributed by atoms with Crippen molar-refractivity contribution in [2.45, 2.75) is 32.9 Å². The third-order valence-corrected chi connectivity index (χ3v) is 2.73. The molecule has 1 rings (SSSR count). The Morgan fingerprint density at radius 2 is 2.31 bits per heavy atom. The fourth-order valence-electron chi connectivity index (χ4n) is 1.31. The van der Waals surface area contributed by atoms with E-state index in [1.165, 1.54) is 0 Å². The number of rotatable bonds is 5. The van der Waals surface area contributed by atoms with Gasteiger partial charge in [-0.15, -0.1) is 0 Å². The van der Waals surface area contributed by atoms with Gasteiger partial charge in [-0.25, -0.2) is 0 Å². The SMILES string of the molecule is CC[C@@H](C)[C@H](N)C(=O)NCc1ccccn1. The van der Waals surface area contributed by atoms with Gasteiger partial charge in [0.25, 0.3) is 0 Å². The smallest absolute Gasteiger partial charge is 0.237 e. The van der Waals surface area contributed by atoms with Crippen LogP contribution in [0.25, 0.3) is 0 Å². The van der Waals surface area contributed by atoms with E-state index < -0.39 is 6.04 Å². The minimum atomic E-state index is -0.436. The van der Waals surface area contributed by atoms with Gasteiger partial charge in [0.05, 0.1) is 18.3 Å². The van der Waals surface area contributed by atoms with Gasteiger partial charge in [-0.2, -0.15) is 0 Å². The summed E-state index contributed by atoms with van der Waals surface area (Å²) >= 11 is 0. The molecule has 0 aliphatic rings. The van der Waals surface area contributed by atoms with E-state index in [-0.39, 0.29) is 11.8 Å². The quantitative estimate of drug-likeness (QED) is 0.781. The molecule has 0 aromatic carbocycles. The minimum absolute atomic E-state index is 0.111. The molecule has 0 aliphatic heterocycles. The van der Waals surface area contributed by atoms with Gasteiger partial charge in [-0.05, 0) is 18.1 Å². The summed E-state index contributed by atoms with van der Waals surface area (Å²) < 4.78 is 0. The fourth-order valence-corrected chi connectivity index (χ4v) is 1.31. The van der Waals surface area contributed by atoms with E-state index in [0.29, 0.717) is 6.54 Å². The second-order valence-corrected chi connectivity index (χ2v) is 3.95. The molecule has 1 aromatic heterocycles. The highest BCUT2D eigenvalue weighted by Crippen LogP contribution is 2.05. The number of nitrogens with two attached hydrogens (primary N) is 1. The lowest BCUT2D eigenvalue weighted by molar-refractivity contribution is -0.123. The molecule has 0 bridgehead atoms. The van der Waals surface area contributed by atoms with Crippen LogP contribution in [0.2, 0.25) is 0 Å². The number of hydrogen-bond donors (Lipinski definition) is 2. The lowest BCUT2D eigenvalue weighted by Crippen LogP contribution is -2.44. The normalized spacial score (nSPS) is 14.2. The van der Waals surface area contributed by atoms with Crippen LogP contribution in [0, 0.1) is 5.92 Å². The summed E-state index contributed by atoms with van der Waals surface area (Å²) in [4.78, 5) is 15.8. The number of amides is 1. The average molecular weight is 221 g/mol. The van der Waals surface area contributed by atoms with E-state index in [0.717, 1.165) is 12.1 Å². The van der Waals surface area contributed by atoms with E-state index in [2.05, 4.69) is 10.3 Å². The van der Waals surface area contributed by atoms with Crippen LogP contribution in [0.4, 0.5) is 0 Å². The first-order chi connectivity index (χ1) is 7.65.